The van der Waals surface area contributed by atoms with Gasteiger partial charge in [-0.1, -0.05) is 18.6 Å². The zero-order valence-electron chi connectivity index (χ0n) is 14.1. The van der Waals surface area contributed by atoms with Crippen LogP contribution in [0.4, 0.5) is 5.69 Å². The molecule has 1 aliphatic carbocycles. The van der Waals surface area contributed by atoms with Gasteiger partial charge in [-0.3, -0.25) is 4.79 Å². The number of carbonyl (C=O) groups excluding carboxylic acids is 1. The minimum atomic E-state index is -3.38. The zero-order chi connectivity index (χ0) is 18.0. The molecule has 3 rings (SSSR count). The van der Waals surface area contributed by atoms with Crippen LogP contribution in [-0.2, 0) is 14.6 Å². The monoisotopic (exact) mass is 362 g/mol. The summed E-state index contributed by atoms with van der Waals surface area (Å²) in [4.78, 5) is 12.6. The van der Waals surface area contributed by atoms with E-state index < -0.39 is 9.84 Å². The standard InChI is InChI=1S/C17H22N4O3S/c1-25(23,24)16-8-3-2-7-15(16)21-11-14(10-19-21)20-17(22)12-5-4-6-13(18)9-12/h2-3,7-8,10-13H,4-6,9,18H2,1H3,(H,20,22). The molecule has 1 fully saturated rings. The molecular formula is C17H22N4O3S. The quantitative estimate of drug-likeness (QED) is 0.861. The summed E-state index contributed by atoms with van der Waals surface area (Å²) in [7, 11) is -3.38. The highest BCUT2D eigenvalue weighted by atomic mass is 32.2. The second-order valence-corrected chi connectivity index (χ2v) is 8.51. The Morgan fingerprint density at radius 3 is 2.80 bits per heavy atom. The van der Waals surface area contributed by atoms with Crippen LogP contribution in [0.2, 0.25) is 0 Å². The Kier molecular flexibility index (Phi) is 4.91. The number of aromatic nitrogens is 2. The van der Waals surface area contributed by atoms with E-state index in [1.54, 1.807) is 24.4 Å². The summed E-state index contributed by atoms with van der Waals surface area (Å²) in [5, 5.41) is 7.04. The molecule has 25 heavy (non-hydrogen) atoms. The number of hydrogen-bond donors (Lipinski definition) is 2. The molecule has 1 aromatic carbocycles. The number of hydrogen-bond acceptors (Lipinski definition) is 5. The third kappa shape index (κ3) is 4.08. The molecule has 1 amide bonds. The van der Waals surface area contributed by atoms with Gasteiger partial charge in [0, 0.05) is 18.2 Å². The van der Waals surface area contributed by atoms with Gasteiger partial charge in [0.05, 0.1) is 28.7 Å². The molecule has 0 radical (unpaired) electrons. The second-order valence-electron chi connectivity index (χ2n) is 6.53. The van der Waals surface area contributed by atoms with E-state index in [2.05, 4.69) is 10.4 Å². The van der Waals surface area contributed by atoms with E-state index in [1.165, 1.54) is 16.9 Å². The summed E-state index contributed by atoms with van der Waals surface area (Å²) < 4.78 is 25.3. The highest BCUT2D eigenvalue weighted by molar-refractivity contribution is 7.90. The number of benzene rings is 1. The molecule has 3 N–H and O–H groups in total. The molecule has 0 spiro atoms. The number of nitrogens with zero attached hydrogens (tertiary/aromatic N) is 2. The summed E-state index contributed by atoms with van der Waals surface area (Å²) >= 11 is 0. The summed E-state index contributed by atoms with van der Waals surface area (Å²) in [5.41, 5.74) is 6.92. The minimum Gasteiger partial charge on any atom is -0.328 e. The van der Waals surface area contributed by atoms with Crippen molar-refractivity contribution in [2.24, 2.45) is 11.7 Å². The van der Waals surface area contributed by atoms with Gasteiger partial charge in [0.2, 0.25) is 5.91 Å². The van der Waals surface area contributed by atoms with Gasteiger partial charge in [-0.05, 0) is 31.4 Å². The Morgan fingerprint density at radius 1 is 1.32 bits per heavy atom. The normalized spacial score (nSPS) is 21.0. The zero-order valence-corrected chi connectivity index (χ0v) is 14.9. The first kappa shape index (κ1) is 17.6. The van der Waals surface area contributed by atoms with Crippen molar-refractivity contribution in [3.05, 3.63) is 36.7 Å². The van der Waals surface area contributed by atoms with Crippen LogP contribution in [0.3, 0.4) is 0 Å². The van der Waals surface area contributed by atoms with Gasteiger partial charge >= 0.3 is 0 Å². The van der Waals surface area contributed by atoms with Crippen molar-refractivity contribution in [2.45, 2.75) is 36.6 Å². The molecular weight excluding hydrogens is 340 g/mol. The maximum atomic E-state index is 12.4. The van der Waals surface area contributed by atoms with Crippen LogP contribution >= 0.6 is 0 Å². The maximum absolute atomic E-state index is 12.4. The van der Waals surface area contributed by atoms with Gasteiger partial charge in [0.15, 0.2) is 9.84 Å². The van der Waals surface area contributed by atoms with Gasteiger partial charge in [-0.25, -0.2) is 13.1 Å². The molecule has 2 aromatic rings. The average molecular weight is 362 g/mol. The molecule has 7 nitrogen and oxygen atoms in total. The summed E-state index contributed by atoms with van der Waals surface area (Å²) in [6.07, 6.45) is 7.74. The van der Waals surface area contributed by atoms with Crippen LogP contribution in [0, 0.1) is 5.92 Å². The van der Waals surface area contributed by atoms with Crippen LogP contribution in [0.5, 0.6) is 0 Å². The Hall–Kier alpha value is -2.19. The Balaban J connectivity index is 1.79. The summed E-state index contributed by atoms with van der Waals surface area (Å²) in [6.45, 7) is 0. The summed E-state index contributed by atoms with van der Waals surface area (Å²) in [6, 6.07) is 6.70. The number of nitrogens with two attached hydrogens (primary N) is 1. The van der Waals surface area contributed by atoms with E-state index in [-0.39, 0.29) is 22.8 Å². The lowest BCUT2D eigenvalue weighted by Crippen LogP contribution is -2.34. The fraction of sp³-hybridized carbons (Fsp3) is 0.412. The van der Waals surface area contributed by atoms with Crippen LogP contribution in [0.1, 0.15) is 25.7 Å². The molecule has 8 heteroatoms. The molecule has 2 unspecified atom stereocenters. The number of rotatable bonds is 4. The van der Waals surface area contributed by atoms with Crippen LogP contribution in [0.25, 0.3) is 5.69 Å². The third-order valence-electron chi connectivity index (χ3n) is 4.45. The lowest BCUT2D eigenvalue weighted by Gasteiger charge is -2.25. The van der Waals surface area contributed by atoms with Gasteiger partial charge in [-0.15, -0.1) is 0 Å². The fourth-order valence-corrected chi connectivity index (χ4v) is 4.06. The molecule has 134 valence electrons. The van der Waals surface area contributed by atoms with Crippen molar-refractivity contribution in [1.29, 1.82) is 0 Å². The topological polar surface area (TPSA) is 107 Å². The second kappa shape index (κ2) is 6.97. The predicted octanol–water partition coefficient (Wildman–Crippen LogP) is 1.73. The number of anilines is 1. The van der Waals surface area contributed by atoms with Crippen LogP contribution in [-0.4, -0.2) is 36.4 Å². The van der Waals surface area contributed by atoms with Gasteiger partial charge < -0.3 is 11.1 Å². The van der Waals surface area contributed by atoms with Crippen LogP contribution < -0.4 is 11.1 Å². The number of para-hydroxylation sites is 1. The van der Waals surface area contributed by atoms with Gasteiger partial charge in [-0.2, -0.15) is 5.10 Å². The van der Waals surface area contributed by atoms with Crippen molar-refractivity contribution in [2.75, 3.05) is 11.6 Å². The van der Waals surface area contributed by atoms with E-state index in [9.17, 15) is 13.2 Å². The highest BCUT2D eigenvalue weighted by Gasteiger charge is 2.25. The molecule has 1 aliphatic rings. The minimum absolute atomic E-state index is 0.0638. The van der Waals surface area contributed by atoms with Crippen molar-refractivity contribution >= 4 is 21.4 Å². The largest absolute Gasteiger partial charge is 0.328 e. The maximum Gasteiger partial charge on any atom is 0.227 e. The predicted molar refractivity (Wildman–Crippen MR) is 95.2 cm³/mol. The van der Waals surface area contributed by atoms with Gasteiger partial charge in [0.25, 0.3) is 0 Å². The van der Waals surface area contributed by atoms with Crippen molar-refractivity contribution in [1.82, 2.24) is 9.78 Å². The molecule has 1 saturated carbocycles. The van der Waals surface area contributed by atoms with Gasteiger partial charge in [0.1, 0.15) is 0 Å². The molecule has 1 heterocycles. The first-order chi connectivity index (χ1) is 11.8. The van der Waals surface area contributed by atoms with Crippen molar-refractivity contribution in [3.8, 4) is 5.69 Å². The smallest absolute Gasteiger partial charge is 0.227 e. The molecule has 2 atom stereocenters. The van der Waals surface area contributed by atoms with Crippen LogP contribution in [0.15, 0.2) is 41.6 Å². The number of sulfone groups is 1. The fourth-order valence-electron chi connectivity index (χ4n) is 3.19. The third-order valence-corrected chi connectivity index (χ3v) is 5.59. The lowest BCUT2D eigenvalue weighted by molar-refractivity contribution is -0.120. The number of amides is 1. The average Bonchev–Trinajstić information content (AvgIpc) is 3.02. The van der Waals surface area contributed by atoms with Crippen molar-refractivity contribution in [3.63, 3.8) is 0 Å². The molecule has 0 aliphatic heterocycles. The highest BCUT2D eigenvalue weighted by Crippen LogP contribution is 2.25. The van der Waals surface area contributed by atoms with Crippen molar-refractivity contribution < 1.29 is 13.2 Å². The Bertz CT molecular complexity index is 876. The van der Waals surface area contributed by atoms with E-state index in [4.69, 9.17) is 5.73 Å². The summed E-state index contributed by atoms with van der Waals surface area (Å²) in [5.74, 6) is -0.151. The van der Waals surface area contributed by atoms with E-state index in [0.29, 0.717) is 17.8 Å². The Labute approximate surface area is 147 Å². The first-order valence-electron chi connectivity index (χ1n) is 8.25. The Morgan fingerprint density at radius 2 is 2.08 bits per heavy atom. The first-order valence-corrected chi connectivity index (χ1v) is 10.1. The molecule has 1 aromatic heterocycles. The molecule has 0 saturated heterocycles. The molecule has 0 bridgehead atoms. The number of carbonyl (C=O) groups is 1. The van der Waals surface area contributed by atoms with E-state index >= 15 is 0 Å². The lowest BCUT2D eigenvalue weighted by atomic mass is 9.85. The van der Waals surface area contributed by atoms with E-state index in [0.717, 1.165) is 25.5 Å². The number of nitrogens with one attached hydrogen (secondary N) is 1. The van der Waals surface area contributed by atoms with E-state index in [1.807, 2.05) is 0 Å². The SMILES string of the molecule is CS(=O)(=O)c1ccccc1-n1cc(NC(=O)C2CCCC(N)C2)cn1.